The van der Waals surface area contributed by atoms with Crippen molar-refractivity contribution in [3.63, 3.8) is 0 Å². The molecule has 0 fully saturated rings. The van der Waals surface area contributed by atoms with Crippen molar-refractivity contribution in [2.24, 2.45) is 0 Å². The number of thioether (sulfide) groups is 2. The minimum Gasteiger partial charge on any atom is -0.507 e. The number of aromatic hydroxyl groups is 1. The molecule has 0 heterocycles. The number of esters is 2. The van der Waals surface area contributed by atoms with Gasteiger partial charge in [0, 0.05) is 28.6 Å². The predicted octanol–water partition coefficient (Wildman–Crippen LogP) is 9.74. The summed E-state index contributed by atoms with van der Waals surface area (Å²) < 4.78 is 10.8. The first-order chi connectivity index (χ1) is 19.7. The topological polar surface area (TPSA) is 72.8 Å². The van der Waals surface area contributed by atoms with Gasteiger partial charge in [-0.2, -0.15) is 23.5 Å². The summed E-state index contributed by atoms with van der Waals surface area (Å²) in [6.45, 7) is 11.8. The Kier molecular flexibility index (Phi) is 21.3. The van der Waals surface area contributed by atoms with Crippen molar-refractivity contribution in [1.29, 1.82) is 0 Å². The summed E-state index contributed by atoms with van der Waals surface area (Å²) in [6, 6.07) is 4.16. The van der Waals surface area contributed by atoms with E-state index in [4.69, 9.17) is 9.47 Å². The molecular weight excluding hydrogens is 553 g/mol. The zero-order valence-corrected chi connectivity index (χ0v) is 28.3. The zero-order chi connectivity index (χ0) is 30.3. The maximum Gasteiger partial charge on any atom is 0.306 e. The number of hydrogen-bond donors (Lipinski definition) is 1. The van der Waals surface area contributed by atoms with Crippen molar-refractivity contribution < 1.29 is 24.2 Å². The molecule has 0 saturated heterocycles. The molecule has 0 aliphatic rings. The van der Waals surface area contributed by atoms with E-state index >= 15 is 0 Å². The van der Waals surface area contributed by atoms with E-state index in [1.54, 1.807) is 23.5 Å². The smallest absolute Gasteiger partial charge is 0.306 e. The molecule has 41 heavy (non-hydrogen) atoms. The number of hydrogen-bond acceptors (Lipinski definition) is 7. The largest absolute Gasteiger partial charge is 0.507 e. The van der Waals surface area contributed by atoms with Crippen LogP contribution in [0.5, 0.6) is 5.75 Å². The molecule has 1 aromatic rings. The van der Waals surface area contributed by atoms with Crippen LogP contribution in [-0.4, -0.2) is 41.8 Å². The van der Waals surface area contributed by atoms with Crippen LogP contribution in [0.3, 0.4) is 0 Å². The Labute approximate surface area is 259 Å². The average molecular weight is 611 g/mol. The van der Waals surface area contributed by atoms with Gasteiger partial charge in [0.05, 0.1) is 26.1 Å². The molecular formula is C34H58O5S2. The van der Waals surface area contributed by atoms with Gasteiger partial charge in [0.15, 0.2) is 0 Å². The van der Waals surface area contributed by atoms with E-state index in [1.165, 1.54) is 51.4 Å². The van der Waals surface area contributed by atoms with E-state index < -0.39 is 0 Å². The van der Waals surface area contributed by atoms with Crippen LogP contribution in [0.4, 0.5) is 0 Å². The number of carbonyl (C=O) groups is 2. The highest BCUT2D eigenvalue weighted by atomic mass is 32.2. The van der Waals surface area contributed by atoms with E-state index in [0.717, 1.165) is 48.1 Å². The predicted molar refractivity (Wildman–Crippen MR) is 177 cm³/mol. The van der Waals surface area contributed by atoms with E-state index in [2.05, 4.69) is 46.8 Å². The molecule has 0 unspecified atom stereocenters. The SMILES string of the molecule is CCCCCCCCOC(=O)CCSCc1cc(CSCCC(=O)OCCCCCCCC)c(O)c(C(C)(C)C)c1. The maximum atomic E-state index is 12.1. The van der Waals surface area contributed by atoms with Crippen molar-refractivity contribution in [2.45, 2.75) is 141 Å². The van der Waals surface area contributed by atoms with Crippen molar-refractivity contribution >= 4 is 35.5 Å². The van der Waals surface area contributed by atoms with Crippen LogP contribution in [0, 0.1) is 0 Å². The fraction of sp³-hybridized carbons (Fsp3) is 0.765. The Balaban J connectivity index is 2.42. The van der Waals surface area contributed by atoms with E-state index in [-0.39, 0.29) is 17.4 Å². The lowest BCUT2D eigenvalue weighted by Gasteiger charge is -2.23. The monoisotopic (exact) mass is 610 g/mol. The number of carbonyl (C=O) groups excluding carboxylic acids is 2. The molecule has 0 atom stereocenters. The van der Waals surface area contributed by atoms with Crippen molar-refractivity contribution in [2.75, 3.05) is 24.7 Å². The highest BCUT2D eigenvalue weighted by Crippen LogP contribution is 2.37. The Morgan fingerprint density at radius 2 is 1.17 bits per heavy atom. The zero-order valence-electron chi connectivity index (χ0n) is 26.7. The molecule has 7 heteroatoms. The standard InChI is InChI=1S/C34H58O5S2/c1-6-8-10-12-14-16-20-38-31(35)18-22-40-26-28-24-29(33(37)30(25-28)34(3,4)5)27-41-23-19-32(36)39-21-17-15-13-11-9-7-2/h24-25,37H,6-23,26-27H2,1-5H3. The number of phenolic OH excluding ortho intramolecular Hbond substituents is 1. The molecule has 0 spiro atoms. The lowest BCUT2D eigenvalue weighted by Crippen LogP contribution is -2.13. The van der Waals surface area contributed by atoms with E-state index in [9.17, 15) is 14.7 Å². The summed E-state index contributed by atoms with van der Waals surface area (Å²) in [5.41, 5.74) is 2.79. The van der Waals surface area contributed by atoms with Gasteiger partial charge < -0.3 is 14.6 Å². The highest BCUT2D eigenvalue weighted by molar-refractivity contribution is 7.98. The van der Waals surface area contributed by atoms with Crippen molar-refractivity contribution in [3.8, 4) is 5.75 Å². The third-order valence-corrected chi connectivity index (χ3v) is 9.04. The number of unbranched alkanes of at least 4 members (excludes halogenated alkanes) is 10. The van der Waals surface area contributed by atoms with Crippen LogP contribution in [0.1, 0.15) is 141 Å². The number of rotatable bonds is 24. The van der Waals surface area contributed by atoms with Crippen LogP contribution in [-0.2, 0) is 36.0 Å². The fourth-order valence-electron chi connectivity index (χ4n) is 4.49. The minimum absolute atomic E-state index is 0.116. The summed E-state index contributed by atoms with van der Waals surface area (Å²) in [6.07, 6.45) is 15.0. The number of phenols is 1. The van der Waals surface area contributed by atoms with Gasteiger partial charge in [-0.25, -0.2) is 0 Å². The molecule has 5 nitrogen and oxygen atoms in total. The number of benzene rings is 1. The first-order valence-electron chi connectivity index (χ1n) is 16.0. The second-order valence-corrected chi connectivity index (χ2v) is 14.2. The third kappa shape index (κ3) is 18.7. The Morgan fingerprint density at radius 3 is 1.66 bits per heavy atom. The van der Waals surface area contributed by atoms with Crippen LogP contribution >= 0.6 is 23.5 Å². The van der Waals surface area contributed by atoms with Crippen LogP contribution in [0.25, 0.3) is 0 Å². The molecule has 0 bridgehead atoms. The molecule has 0 aliphatic carbocycles. The lowest BCUT2D eigenvalue weighted by atomic mass is 9.84. The van der Waals surface area contributed by atoms with Crippen molar-refractivity contribution in [3.05, 3.63) is 28.8 Å². The van der Waals surface area contributed by atoms with Gasteiger partial charge in [-0.15, -0.1) is 0 Å². The molecule has 0 aromatic heterocycles. The maximum absolute atomic E-state index is 12.1. The summed E-state index contributed by atoms with van der Waals surface area (Å²) in [7, 11) is 0. The fourth-order valence-corrected chi connectivity index (χ4v) is 6.24. The quantitative estimate of drug-likeness (QED) is 0.0922. The first kappa shape index (κ1) is 37.7. The van der Waals surface area contributed by atoms with Gasteiger partial charge in [-0.1, -0.05) is 111 Å². The van der Waals surface area contributed by atoms with Crippen LogP contribution in [0.2, 0.25) is 0 Å². The second-order valence-electron chi connectivity index (χ2n) is 12.0. The highest BCUT2D eigenvalue weighted by Gasteiger charge is 2.21. The summed E-state index contributed by atoms with van der Waals surface area (Å²) in [5.74, 6) is 2.89. The lowest BCUT2D eigenvalue weighted by molar-refractivity contribution is -0.144. The summed E-state index contributed by atoms with van der Waals surface area (Å²) >= 11 is 3.37. The Bertz CT molecular complexity index is 850. The van der Waals surface area contributed by atoms with Gasteiger partial charge in [-0.05, 0) is 29.4 Å². The summed E-state index contributed by atoms with van der Waals surface area (Å²) in [5, 5.41) is 11.0. The van der Waals surface area contributed by atoms with E-state index in [1.807, 2.05) is 0 Å². The molecule has 1 N–H and O–H groups in total. The number of ether oxygens (including phenoxy) is 2. The van der Waals surface area contributed by atoms with Crippen molar-refractivity contribution in [1.82, 2.24) is 0 Å². The molecule has 0 saturated carbocycles. The summed E-state index contributed by atoms with van der Waals surface area (Å²) in [4.78, 5) is 24.2. The minimum atomic E-state index is -0.190. The average Bonchev–Trinajstić information content (AvgIpc) is 2.93. The second kappa shape index (κ2) is 23.2. The Hall–Kier alpha value is -1.34. The molecule has 0 amide bonds. The van der Waals surface area contributed by atoms with Crippen LogP contribution < -0.4 is 0 Å². The van der Waals surface area contributed by atoms with E-state index in [0.29, 0.717) is 49.1 Å². The normalized spacial score (nSPS) is 11.5. The Morgan fingerprint density at radius 1 is 0.707 bits per heavy atom. The molecule has 236 valence electrons. The van der Waals surface area contributed by atoms with Gasteiger partial charge in [-0.3, -0.25) is 9.59 Å². The molecule has 1 rings (SSSR count). The molecule has 1 aromatic carbocycles. The molecule has 0 radical (unpaired) electrons. The van der Waals surface area contributed by atoms with Gasteiger partial charge in [0.2, 0.25) is 0 Å². The van der Waals surface area contributed by atoms with Gasteiger partial charge in [0.25, 0.3) is 0 Å². The van der Waals surface area contributed by atoms with Gasteiger partial charge >= 0.3 is 11.9 Å². The van der Waals surface area contributed by atoms with Gasteiger partial charge in [0.1, 0.15) is 5.75 Å². The first-order valence-corrected chi connectivity index (χ1v) is 18.3. The third-order valence-electron chi connectivity index (χ3n) is 7.01. The molecule has 0 aliphatic heterocycles. The van der Waals surface area contributed by atoms with Crippen LogP contribution in [0.15, 0.2) is 12.1 Å².